The van der Waals surface area contributed by atoms with Crippen molar-refractivity contribution in [1.29, 1.82) is 0 Å². The largest absolute Gasteiger partial charge is 0.459 e. The fraction of sp³-hybridized carbons (Fsp3) is 0.167. The van der Waals surface area contributed by atoms with Gasteiger partial charge in [0.1, 0.15) is 6.04 Å². The Hall–Kier alpha value is -3.69. The van der Waals surface area contributed by atoms with Crippen molar-refractivity contribution in [2.24, 2.45) is 0 Å². The zero-order valence-electron chi connectivity index (χ0n) is 17.9. The van der Waals surface area contributed by atoms with E-state index in [4.69, 9.17) is 4.42 Å². The maximum Gasteiger partial charge on any atom is 0.287 e. The van der Waals surface area contributed by atoms with Crippen molar-refractivity contribution in [3.8, 4) is 0 Å². The van der Waals surface area contributed by atoms with E-state index in [1.807, 2.05) is 30.3 Å². The van der Waals surface area contributed by atoms with Gasteiger partial charge in [-0.3, -0.25) is 9.59 Å². The van der Waals surface area contributed by atoms with E-state index in [2.05, 4.69) is 21.9 Å². The summed E-state index contributed by atoms with van der Waals surface area (Å²) in [5.74, 6) is -0.989. The van der Waals surface area contributed by atoms with Crippen LogP contribution in [0.2, 0.25) is 0 Å². The van der Waals surface area contributed by atoms with Crippen LogP contribution in [0.4, 0.5) is 5.69 Å². The monoisotopic (exact) mass is 467 g/mol. The van der Waals surface area contributed by atoms with E-state index in [0.29, 0.717) is 11.3 Å². The number of nitrogens with one attached hydrogen (secondary N) is 3. The van der Waals surface area contributed by atoms with E-state index < -0.39 is 27.9 Å². The van der Waals surface area contributed by atoms with E-state index in [0.717, 1.165) is 5.56 Å². The van der Waals surface area contributed by atoms with Crippen LogP contribution in [0.3, 0.4) is 0 Å². The van der Waals surface area contributed by atoms with Gasteiger partial charge in [-0.1, -0.05) is 48.5 Å². The van der Waals surface area contributed by atoms with Gasteiger partial charge in [-0.15, -0.1) is 6.58 Å². The minimum absolute atomic E-state index is 0.108. The SMILES string of the molecule is C=CCNS(=O)(=O)Cc1ccc(NC(=O)C(Cc2ccccc2)NC(=O)c2ccco2)cc1. The van der Waals surface area contributed by atoms with Gasteiger partial charge in [0.2, 0.25) is 15.9 Å². The summed E-state index contributed by atoms with van der Waals surface area (Å²) < 4.78 is 31.5. The average molecular weight is 468 g/mol. The molecule has 0 saturated carbocycles. The molecular formula is C24H25N3O5S. The predicted octanol–water partition coefficient (Wildman–Crippen LogP) is 2.86. The lowest BCUT2D eigenvalue weighted by molar-refractivity contribution is -0.118. The molecule has 2 amide bonds. The smallest absolute Gasteiger partial charge is 0.287 e. The lowest BCUT2D eigenvalue weighted by atomic mass is 10.0. The Morgan fingerprint density at radius 3 is 2.33 bits per heavy atom. The van der Waals surface area contributed by atoms with Gasteiger partial charge in [-0.2, -0.15) is 0 Å². The molecule has 172 valence electrons. The molecule has 8 nitrogen and oxygen atoms in total. The number of carbonyl (C=O) groups excluding carboxylic acids is 2. The second-order valence-corrected chi connectivity index (χ2v) is 9.08. The van der Waals surface area contributed by atoms with E-state index in [9.17, 15) is 18.0 Å². The third kappa shape index (κ3) is 7.44. The molecular weight excluding hydrogens is 442 g/mol. The van der Waals surface area contributed by atoms with E-state index in [1.54, 1.807) is 30.3 Å². The Labute approximate surface area is 192 Å². The van der Waals surface area contributed by atoms with Gasteiger partial charge in [0.15, 0.2) is 5.76 Å². The highest BCUT2D eigenvalue weighted by Crippen LogP contribution is 2.14. The molecule has 1 heterocycles. The number of amides is 2. The predicted molar refractivity (Wildman–Crippen MR) is 126 cm³/mol. The van der Waals surface area contributed by atoms with Gasteiger partial charge in [-0.25, -0.2) is 13.1 Å². The Balaban J connectivity index is 1.69. The molecule has 9 heteroatoms. The minimum atomic E-state index is -3.48. The number of sulfonamides is 1. The first-order valence-corrected chi connectivity index (χ1v) is 11.9. The molecule has 0 radical (unpaired) electrons. The highest BCUT2D eigenvalue weighted by atomic mass is 32.2. The van der Waals surface area contributed by atoms with Gasteiger partial charge in [0.25, 0.3) is 5.91 Å². The number of anilines is 1. The van der Waals surface area contributed by atoms with Crippen LogP contribution in [0.1, 0.15) is 21.7 Å². The Morgan fingerprint density at radius 1 is 0.970 bits per heavy atom. The topological polar surface area (TPSA) is 118 Å². The molecule has 0 bridgehead atoms. The van der Waals surface area contributed by atoms with Crippen molar-refractivity contribution in [1.82, 2.24) is 10.0 Å². The third-order valence-electron chi connectivity index (χ3n) is 4.68. The lowest BCUT2D eigenvalue weighted by Gasteiger charge is -2.18. The summed E-state index contributed by atoms with van der Waals surface area (Å²) in [6.45, 7) is 3.64. The van der Waals surface area contributed by atoms with Crippen LogP contribution in [-0.2, 0) is 27.0 Å². The van der Waals surface area contributed by atoms with Crippen LogP contribution >= 0.6 is 0 Å². The van der Waals surface area contributed by atoms with E-state index in [-0.39, 0.29) is 24.5 Å². The zero-order chi connectivity index (χ0) is 23.7. The van der Waals surface area contributed by atoms with Crippen LogP contribution < -0.4 is 15.4 Å². The summed E-state index contributed by atoms with van der Waals surface area (Å²) in [6, 6.07) is 18.1. The highest BCUT2D eigenvalue weighted by molar-refractivity contribution is 7.88. The summed E-state index contributed by atoms with van der Waals surface area (Å²) in [5.41, 5.74) is 1.92. The normalized spacial score (nSPS) is 12.0. The highest BCUT2D eigenvalue weighted by Gasteiger charge is 2.23. The van der Waals surface area contributed by atoms with E-state index in [1.165, 1.54) is 18.4 Å². The molecule has 0 aliphatic carbocycles. The number of carbonyl (C=O) groups is 2. The van der Waals surface area contributed by atoms with E-state index >= 15 is 0 Å². The minimum Gasteiger partial charge on any atom is -0.459 e. The van der Waals surface area contributed by atoms with Crippen LogP contribution in [-0.4, -0.2) is 32.8 Å². The number of rotatable bonds is 11. The molecule has 3 rings (SSSR count). The maximum atomic E-state index is 13.0. The van der Waals surface area contributed by atoms with Crippen LogP contribution in [0, 0.1) is 0 Å². The Morgan fingerprint density at radius 2 is 1.70 bits per heavy atom. The van der Waals surface area contributed by atoms with Crippen molar-refractivity contribution < 1.29 is 22.4 Å². The summed E-state index contributed by atoms with van der Waals surface area (Å²) in [6.07, 6.45) is 3.13. The van der Waals surface area contributed by atoms with Crippen LogP contribution in [0.5, 0.6) is 0 Å². The maximum absolute atomic E-state index is 13.0. The van der Waals surface area contributed by atoms with Crippen molar-refractivity contribution in [3.63, 3.8) is 0 Å². The number of furan rings is 1. The van der Waals surface area contributed by atoms with Gasteiger partial charge in [0, 0.05) is 18.7 Å². The fourth-order valence-corrected chi connectivity index (χ4v) is 4.17. The number of hydrogen-bond acceptors (Lipinski definition) is 5. The molecule has 3 aromatic rings. The van der Waals surface area contributed by atoms with Crippen molar-refractivity contribution in [2.45, 2.75) is 18.2 Å². The van der Waals surface area contributed by atoms with Gasteiger partial charge < -0.3 is 15.1 Å². The van der Waals surface area contributed by atoms with Crippen LogP contribution in [0.25, 0.3) is 0 Å². The molecule has 0 saturated heterocycles. The molecule has 0 aliphatic rings. The first-order valence-electron chi connectivity index (χ1n) is 10.2. The van der Waals surface area contributed by atoms with Crippen molar-refractivity contribution in [2.75, 3.05) is 11.9 Å². The molecule has 2 aromatic carbocycles. The molecule has 1 unspecified atom stereocenters. The second-order valence-electron chi connectivity index (χ2n) is 7.28. The van der Waals surface area contributed by atoms with Crippen molar-refractivity contribution >= 4 is 27.5 Å². The molecule has 1 atom stereocenters. The van der Waals surface area contributed by atoms with Gasteiger partial charge >= 0.3 is 0 Å². The first kappa shape index (κ1) is 24.0. The Kier molecular flexibility index (Phi) is 8.17. The van der Waals surface area contributed by atoms with Gasteiger partial charge in [-0.05, 0) is 35.4 Å². The zero-order valence-corrected chi connectivity index (χ0v) is 18.7. The quantitative estimate of drug-likeness (QED) is 0.375. The first-order chi connectivity index (χ1) is 15.9. The third-order valence-corrected chi connectivity index (χ3v) is 6.00. The summed E-state index contributed by atoms with van der Waals surface area (Å²) in [4.78, 5) is 25.4. The molecule has 3 N–H and O–H groups in total. The summed E-state index contributed by atoms with van der Waals surface area (Å²) in [7, 11) is -3.48. The van der Waals surface area contributed by atoms with Crippen molar-refractivity contribution in [3.05, 3.63) is 103 Å². The Bertz CT molecular complexity index is 1170. The van der Waals surface area contributed by atoms with Crippen LogP contribution in [0.15, 0.2) is 90.1 Å². The summed E-state index contributed by atoms with van der Waals surface area (Å²) >= 11 is 0. The molecule has 0 aliphatic heterocycles. The molecule has 0 spiro atoms. The lowest BCUT2D eigenvalue weighted by Crippen LogP contribution is -2.45. The fourth-order valence-electron chi connectivity index (χ4n) is 3.07. The molecule has 33 heavy (non-hydrogen) atoms. The molecule has 0 fully saturated rings. The number of benzene rings is 2. The standard InChI is InChI=1S/C24H25N3O5S/c1-2-14-25-33(30,31)17-19-10-12-20(13-11-19)26-23(28)21(16-18-7-4-3-5-8-18)27-24(29)22-9-6-15-32-22/h2-13,15,21,25H,1,14,16-17H2,(H,26,28)(H,27,29). The van der Waals surface area contributed by atoms with Gasteiger partial charge in [0.05, 0.1) is 12.0 Å². The average Bonchev–Trinajstić information content (AvgIpc) is 3.34. The summed E-state index contributed by atoms with van der Waals surface area (Å²) in [5, 5.41) is 5.48. The second kappa shape index (κ2) is 11.3. The number of hydrogen-bond donors (Lipinski definition) is 3. The molecule has 1 aromatic heterocycles.